The molecular weight excluding hydrogens is 332 g/mol. The van der Waals surface area contributed by atoms with Crippen LogP contribution in [0.25, 0.3) is 0 Å². The molecule has 2 aliphatic heterocycles. The molecule has 6 nitrogen and oxygen atoms in total. The number of allylic oxidation sites excluding steroid dienone is 1. The molecule has 0 aromatic heterocycles. The van der Waals surface area contributed by atoms with Gasteiger partial charge in [-0.05, 0) is 30.4 Å². The molecule has 7 heteroatoms. The highest BCUT2D eigenvalue weighted by atomic mass is 35.5. The van der Waals surface area contributed by atoms with Crippen LogP contribution in [-0.2, 0) is 16.0 Å². The van der Waals surface area contributed by atoms with Crippen molar-refractivity contribution in [1.29, 1.82) is 0 Å². The van der Waals surface area contributed by atoms with Crippen LogP contribution in [-0.4, -0.2) is 52.9 Å². The topological polar surface area (TPSA) is 82.0 Å². The predicted octanol–water partition coefficient (Wildman–Crippen LogP) is 1.18. The molecule has 2 heterocycles. The Kier molecular flexibility index (Phi) is 4.80. The van der Waals surface area contributed by atoms with Crippen molar-refractivity contribution in [2.24, 2.45) is 0 Å². The minimum Gasteiger partial charge on any atom is -0.508 e. The highest BCUT2D eigenvalue weighted by Gasteiger charge is 2.42. The SMILES string of the molecule is O=C(Cc1cc(Cl)ccc1O)NC1=CCN(C2(CO)COC2)C=C1. The van der Waals surface area contributed by atoms with Crippen LogP contribution in [0.3, 0.4) is 0 Å². The highest BCUT2D eigenvalue weighted by molar-refractivity contribution is 6.30. The fourth-order valence-corrected chi connectivity index (χ4v) is 2.89. The van der Waals surface area contributed by atoms with E-state index in [4.69, 9.17) is 16.3 Å². The molecule has 1 fully saturated rings. The van der Waals surface area contributed by atoms with Crippen molar-refractivity contribution >= 4 is 17.5 Å². The zero-order valence-electron chi connectivity index (χ0n) is 13.0. The highest BCUT2D eigenvalue weighted by Crippen LogP contribution is 2.27. The summed E-state index contributed by atoms with van der Waals surface area (Å²) in [5, 5.41) is 22.6. The number of aliphatic hydroxyl groups excluding tert-OH is 1. The number of amides is 1. The Labute approximate surface area is 145 Å². The van der Waals surface area contributed by atoms with Crippen LogP contribution in [0, 0.1) is 0 Å². The Balaban J connectivity index is 1.57. The Morgan fingerprint density at radius 1 is 1.42 bits per heavy atom. The Bertz CT molecular complexity index is 692. The number of halogens is 1. The number of benzene rings is 1. The van der Waals surface area contributed by atoms with Gasteiger partial charge in [-0.2, -0.15) is 0 Å². The van der Waals surface area contributed by atoms with E-state index in [1.54, 1.807) is 18.2 Å². The van der Waals surface area contributed by atoms with Gasteiger partial charge in [0.05, 0.1) is 26.2 Å². The zero-order valence-corrected chi connectivity index (χ0v) is 13.8. The van der Waals surface area contributed by atoms with Gasteiger partial charge in [0.2, 0.25) is 5.91 Å². The number of rotatable bonds is 5. The van der Waals surface area contributed by atoms with Crippen molar-refractivity contribution in [2.45, 2.75) is 12.0 Å². The van der Waals surface area contributed by atoms with Gasteiger partial charge in [0, 0.05) is 29.0 Å². The molecule has 0 bridgehead atoms. The molecule has 0 radical (unpaired) electrons. The number of nitrogens with one attached hydrogen (secondary N) is 1. The van der Waals surface area contributed by atoms with Crippen LogP contribution in [0.2, 0.25) is 5.02 Å². The zero-order chi connectivity index (χ0) is 17.2. The van der Waals surface area contributed by atoms with Gasteiger partial charge < -0.3 is 25.2 Å². The predicted molar refractivity (Wildman–Crippen MR) is 89.5 cm³/mol. The van der Waals surface area contributed by atoms with E-state index in [2.05, 4.69) is 5.32 Å². The third-order valence-corrected chi connectivity index (χ3v) is 4.50. The van der Waals surface area contributed by atoms with Crippen LogP contribution < -0.4 is 5.32 Å². The second-order valence-corrected chi connectivity index (χ2v) is 6.44. The van der Waals surface area contributed by atoms with Crippen molar-refractivity contribution < 1.29 is 19.7 Å². The second-order valence-electron chi connectivity index (χ2n) is 6.00. The van der Waals surface area contributed by atoms with Crippen molar-refractivity contribution in [3.05, 3.63) is 52.8 Å². The van der Waals surface area contributed by atoms with E-state index >= 15 is 0 Å². The first-order valence-electron chi connectivity index (χ1n) is 7.63. The van der Waals surface area contributed by atoms with Gasteiger partial charge in [-0.15, -0.1) is 0 Å². The lowest BCUT2D eigenvalue weighted by atomic mass is 9.95. The summed E-state index contributed by atoms with van der Waals surface area (Å²) < 4.78 is 5.20. The molecule has 0 spiro atoms. The van der Waals surface area contributed by atoms with Crippen LogP contribution in [0.15, 0.2) is 42.2 Å². The van der Waals surface area contributed by atoms with E-state index in [1.165, 1.54) is 6.07 Å². The van der Waals surface area contributed by atoms with Gasteiger partial charge in [-0.1, -0.05) is 11.6 Å². The summed E-state index contributed by atoms with van der Waals surface area (Å²) in [5.74, 6) is -0.190. The molecule has 2 aliphatic rings. The van der Waals surface area contributed by atoms with Crippen LogP contribution >= 0.6 is 11.6 Å². The first kappa shape index (κ1) is 16.8. The van der Waals surface area contributed by atoms with Gasteiger partial charge >= 0.3 is 0 Å². The van der Waals surface area contributed by atoms with E-state index in [1.807, 2.05) is 17.2 Å². The number of carbonyl (C=O) groups excluding carboxylic acids is 1. The number of ether oxygens (including phenoxy) is 1. The summed E-state index contributed by atoms with van der Waals surface area (Å²) >= 11 is 5.88. The minimum atomic E-state index is -0.352. The molecule has 1 amide bonds. The van der Waals surface area contributed by atoms with Crippen LogP contribution in [0.5, 0.6) is 5.75 Å². The summed E-state index contributed by atoms with van der Waals surface area (Å²) in [6.07, 6.45) is 5.56. The summed E-state index contributed by atoms with van der Waals surface area (Å²) in [6.45, 7) is 1.61. The van der Waals surface area contributed by atoms with Crippen LogP contribution in [0.1, 0.15) is 5.56 Å². The molecule has 3 rings (SSSR count). The number of aromatic hydroxyl groups is 1. The maximum atomic E-state index is 12.1. The molecule has 0 aliphatic carbocycles. The lowest BCUT2D eigenvalue weighted by molar-refractivity contribution is -0.143. The van der Waals surface area contributed by atoms with Gasteiger partial charge in [-0.3, -0.25) is 4.79 Å². The largest absolute Gasteiger partial charge is 0.508 e. The quantitative estimate of drug-likeness (QED) is 0.743. The number of carbonyl (C=O) groups is 1. The molecule has 1 aromatic carbocycles. The van der Waals surface area contributed by atoms with E-state index < -0.39 is 0 Å². The Morgan fingerprint density at radius 2 is 2.21 bits per heavy atom. The van der Waals surface area contributed by atoms with Gasteiger partial charge in [-0.25, -0.2) is 0 Å². The van der Waals surface area contributed by atoms with Gasteiger partial charge in [0.25, 0.3) is 0 Å². The number of hydrogen-bond acceptors (Lipinski definition) is 5. The maximum absolute atomic E-state index is 12.1. The standard InChI is InChI=1S/C17H19ClN2O4/c18-13-1-2-15(22)12(7-13)8-16(23)19-14-3-5-20(6-4-14)17(9-21)10-24-11-17/h1-5,7,21-22H,6,8-11H2,(H,19,23). The number of aliphatic hydroxyl groups is 1. The molecule has 1 aromatic rings. The Hall–Kier alpha value is -2.02. The molecule has 24 heavy (non-hydrogen) atoms. The smallest absolute Gasteiger partial charge is 0.228 e. The van der Waals surface area contributed by atoms with Gasteiger partial charge in [0.1, 0.15) is 11.3 Å². The van der Waals surface area contributed by atoms with E-state index in [9.17, 15) is 15.0 Å². The van der Waals surface area contributed by atoms with Gasteiger partial charge in [0.15, 0.2) is 0 Å². The number of phenols is 1. The van der Waals surface area contributed by atoms with E-state index in [0.29, 0.717) is 36.0 Å². The van der Waals surface area contributed by atoms with Crippen molar-refractivity contribution in [3.63, 3.8) is 0 Å². The van der Waals surface area contributed by atoms with Crippen LogP contribution in [0.4, 0.5) is 0 Å². The maximum Gasteiger partial charge on any atom is 0.228 e. The lowest BCUT2D eigenvalue weighted by Crippen LogP contribution is -2.63. The van der Waals surface area contributed by atoms with E-state index in [0.717, 1.165) is 0 Å². The lowest BCUT2D eigenvalue weighted by Gasteiger charge is -2.48. The fourth-order valence-electron chi connectivity index (χ4n) is 2.70. The third-order valence-electron chi connectivity index (χ3n) is 4.26. The molecule has 1 saturated heterocycles. The van der Waals surface area contributed by atoms with Crippen molar-refractivity contribution in [2.75, 3.05) is 26.4 Å². The number of hydrogen-bond donors (Lipinski definition) is 3. The normalized spacial score (nSPS) is 18.8. The fraction of sp³-hybridized carbons (Fsp3) is 0.353. The summed E-state index contributed by atoms with van der Waals surface area (Å²) in [4.78, 5) is 14.1. The molecule has 0 saturated carbocycles. The molecular formula is C17H19ClN2O4. The monoisotopic (exact) mass is 350 g/mol. The molecule has 0 atom stereocenters. The summed E-state index contributed by atoms with van der Waals surface area (Å²) in [7, 11) is 0. The average Bonchev–Trinajstić information content (AvgIpc) is 2.52. The first-order chi connectivity index (χ1) is 11.5. The minimum absolute atomic E-state index is 0.0287. The third kappa shape index (κ3) is 3.40. The number of nitrogens with zero attached hydrogens (tertiary/aromatic N) is 1. The second kappa shape index (κ2) is 6.84. The van der Waals surface area contributed by atoms with Crippen molar-refractivity contribution in [3.8, 4) is 5.75 Å². The number of phenolic OH excluding ortho intramolecular Hbond substituents is 1. The summed E-state index contributed by atoms with van der Waals surface area (Å²) in [5.41, 5.74) is 0.814. The van der Waals surface area contributed by atoms with Crippen molar-refractivity contribution in [1.82, 2.24) is 10.2 Å². The molecule has 3 N–H and O–H groups in total. The van der Waals surface area contributed by atoms with E-state index in [-0.39, 0.29) is 30.2 Å². The first-order valence-corrected chi connectivity index (χ1v) is 8.01. The average molecular weight is 351 g/mol. The Morgan fingerprint density at radius 3 is 2.79 bits per heavy atom. The molecule has 0 unspecified atom stereocenters. The summed E-state index contributed by atoms with van der Waals surface area (Å²) in [6, 6.07) is 4.61. The molecule has 128 valence electrons.